The number of esters is 1. The van der Waals surface area contributed by atoms with Crippen LogP contribution in [0.3, 0.4) is 0 Å². The highest BCUT2D eigenvalue weighted by Gasteiger charge is 2.10. The molecule has 0 aliphatic rings. The Balaban J connectivity index is 2.99. The Hall–Kier alpha value is -2.17. The van der Waals surface area contributed by atoms with Crippen LogP contribution in [0.15, 0.2) is 18.2 Å². The van der Waals surface area contributed by atoms with E-state index in [-0.39, 0.29) is 17.2 Å². The Morgan fingerprint density at radius 2 is 1.83 bits per heavy atom. The minimum Gasteiger partial charge on any atom is -0.502 e. The number of carbonyl (C=O) groups is 1. The molecule has 5 nitrogen and oxygen atoms in total. The van der Waals surface area contributed by atoms with E-state index in [0.29, 0.717) is 12.2 Å². The Bertz CT molecular complexity index is 426. The van der Waals surface area contributed by atoms with Crippen LogP contribution in [0.1, 0.15) is 12.5 Å². The van der Waals surface area contributed by atoms with Gasteiger partial charge in [0.05, 0.1) is 20.8 Å². The molecular weight excluding hydrogens is 236 g/mol. The average Bonchev–Trinajstić information content (AvgIpc) is 2.37. The number of carbonyl (C=O) groups excluding carboxylic acids is 1. The minimum atomic E-state index is -0.427. The summed E-state index contributed by atoms with van der Waals surface area (Å²) in [6.45, 7) is 2.06. The molecule has 18 heavy (non-hydrogen) atoms. The van der Waals surface area contributed by atoms with E-state index in [2.05, 4.69) is 0 Å². The summed E-state index contributed by atoms with van der Waals surface area (Å²) in [7, 11) is 2.88. The van der Waals surface area contributed by atoms with Gasteiger partial charge in [0.15, 0.2) is 11.5 Å². The standard InChI is InChI=1S/C13H16O5/c1-4-18-12(14)6-5-9-7-10(16-2)13(15)11(8-9)17-3/h5-8,15H,4H2,1-3H3/b6-5+. The van der Waals surface area contributed by atoms with E-state index in [4.69, 9.17) is 14.2 Å². The Labute approximate surface area is 106 Å². The molecule has 1 rings (SSSR count). The number of hydrogen-bond acceptors (Lipinski definition) is 5. The number of benzene rings is 1. The predicted molar refractivity (Wildman–Crippen MR) is 66.9 cm³/mol. The van der Waals surface area contributed by atoms with Crippen molar-refractivity contribution < 1.29 is 24.1 Å². The predicted octanol–water partition coefficient (Wildman–Crippen LogP) is 1.99. The molecule has 0 atom stereocenters. The number of rotatable bonds is 5. The zero-order valence-corrected chi connectivity index (χ0v) is 10.6. The van der Waals surface area contributed by atoms with Crippen molar-refractivity contribution in [1.29, 1.82) is 0 Å². The largest absolute Gasteiger partial charge is 0.502 e. The molecule has 0 unspecified atom stereocenters. The number of phenols is 1. The SMILES string of the molecule is CCOC(=O)/C=C/c1cc(OC)c(O)c(OC)c1. The van der Waals surface area contributed by atoms with Crippen LogP contribution in [0.5, 0.6) is 17.2 Å². The van der Waals surface area contributed by atoms with E-state index in [1.165, 1.54) is 20.3 Å². The smallest absolute Gasteiger partial charge is 0.330 e. The molecule has 0 amide bonds. The molecule has 0 aliphatic carbocycles. The summed E-state index contributed by atoms with van der Waals surface area (Å²) in [5, 5.41) is 9.71. The van der Waals surface area contributed by atoms with Crippen LogP contribution >= 0.6 is 0 Å². The second kappa shape index (κ2) is 6.54. The zero-order chi connectivity index (χ0) is 13.5. The van der Waals surface area contributed by atoms with Crippen LogP contribution in [0.2, 0.25) is 0 Å². The van der Waals surface area contributed by atoms with Gasteiger partial charge in [0.25, 0.3) is 0 Å². The van der Waals surface area contributed by atoms with Crippen molar-refractivity contribution in [1.82, 2.24) is 0 Å². The van der Waals surface area contributed by atoms with Crippen molar-refractivity contribution in [2.45, 2.75) is 6.92 Å². The second-order valence-corrected chi connectivity index (χ2v) is 3.36. The third-order valence-corrected chi connectivity index (χ3v) is 2.20. The van der Waals surface area contributed by atoms with E-state index in [1.54, 1.807) is 25.1 Å². The van der Waals surface area contributed by atoms with E-state index >= 15 is 0 Å². The lowest BCUT2D eigenvalue weighted by Crippen LogP contribution is -1.98. The molecule has 1 N–H and O–H groups in total. The van der Waals surface area contributed by atoms with Gasteiger partial charge in [0.1, 0.15) is 0 Å². The summed E-state index contributed by atoms with van der Waals surface area (Å²) in [6, 6.07) is 3.18. The molecule has 98 valence electrons. The highest BCUT2D eigenvalue weighted by Crippen LogP contribution is 2.37. The molecule has 0 spiro atoms. The molecule has 0 aliphatic heterocycles. The average molecular weight is 252 g/mol. The quantitative estimate of drug-likeness (QED) is 0.641. The molecule has 0 radical (unpaired) electrons. The molecule has 0 bridgehead atoms. The monoisotopic (exact) mass is 252 g/mol. The van der Waals surface area contributed by atoms with Gasteiger partial charge in [-0.25, -0.2) is 4.79 Å². The third-order valence-electron chi connectivity index (χ3n) is 2.20. The highest BCUT2D eigenvalue weighted by atomic mass is 16.5. The van der Waals surface area contributed by atoms with E-state index < -0.39 is 5.97 Å². The molecule has 0 heterocycles. The summed E-state index contributed by atoms with van der Waals surface area (Å²) in [6.07, 6.45) is 2.86. The Kier molecular flexibility index (Phi) is 5.05. The van der Waals surface area contributed by atoms with Gasteiger partial charge < -0.3 is 19.3 Å². The lowest BCUT2D eigenvalue weighted by atomic mass is 10.1. The summed E-state index contributed by atoms with van der Waals surface area (Å²) >= 11 is 0. The van der Waals surface area contributed by atoms with Gasteiger partial charge in [0, 0.05) is 6.08 Å². The van der Waals surface area contributed by atoms with Crippen molar-refractivity contribution in [3.8, 4) is 17.2 Å². The van der Waals surface area contributed by atoms with Crippen LogP contribution in [0, 0.1) is 0 Å². The number of methoxy groups -OCH3 is 2. The van der Waals surface area contributed by atoms with Gasteiger partial charge in [-0.2, -0.15) is 0 Å². The maximum absolute atomic E-state index is 11.2. The van der Waals surface area contributed by atoms with Gasteiger partial charge in [0.2, 0.25) is 5.75 Å². The molecule has 1 aromatic rings. The number of aromatic hydroxyl groups is 1. The van der Waals surface area contributed by atoms with Gasteiger partial charge in [-0.15, -0.1) is 0 Å². The van der Waals surface area contributed by atoms with Crippen LogP contribution in [-0.4, -0.2) is 31.9 Å². The van der Waals surface area contributed by atoms with Gasteiger partial charge in [-0.1, -0.05) is 0 Å². The fourth-order valence-corrected chi connectivity index (χ4v) is 1.36. The van der Waals surface area contributed by atoms with Crippen molar-refractivity contribution >= 4 is 12.0 Å². The zero-order valence-electron chi connectivity index (χ0n) is 10.6. The summed E-state index contributed by atoms with van der Waals surface area (Å²) in [5.74, 6) is 0.0486. The van der Waals surface area contributed by atoms with Crippen LogP contribution in [0.4, 0.5) is 0 Å². The van der Waals surface area contributed by atoms with Crippen molar-refractivity contribution in [2.24, 2.45) is 0 Å². The maximum Gasteiger partial charge on any atom is 0.330 e. The molecule has 1 aromatic carbocycles. The molecular formula is C13H16O5. The summed E-state index contributed by atoms with van der Waals surface area (Å²) < 4.78 is 14.8. The van der Waals surface area contributed by atoms with Crippen molar-refractivity contribution in [2.75, 3.05) is 20.8 Å². The maximum atomic E-state index is 11.2. The summed E-state index contributed by atoms with van der Waals surface area (Å²) in [5.41, 5.74) is 0.662. The highest BCUT2D eigenvalue weighted by molar-refractivity contribution is 5.87. The summed E-state index contributed by atoms with van der Waals surface area (Å²) in [4.78, 5) is 11.2. The van der Waals surface area contributed by atoms with Crippen LogP contribution < -0.4 is 9.47 Å². The normalized spacial score (nSPS) is 10.4. The third kappa shape index (κ3) is 3.41. The van der Waals surface area contributed by atoms with E-state index in [0.717, 1.165) is 0 Å². The fraction of sp³-hybridized carbons (Fsp3) is 0.308. The molecule has 0 saturated heterocycles. The molecule has 0 fully saturated rings. The number of phenolic OH excluding ortho intramolecular Hbond substituents is 1. The van der Waals surface area contributed by atoms with E-state index in [9.17, 15) is 9.90 Å². The van der Waals surface area contributed by atoms with Gasteiger partial charge >= 0.3 is 5.97 Å². The first-order valence-electron chi connectivity index (χ1n) is 5.42. The molecule has 0 aromatic heterocycles. The first-order chi connectivity index (χ1) is 8.62. The van der Waals surface area contributed by atoms with E-state index in [1.807, 2.05) is 0 Å². The fourth-order valence-electron chi connectivity index (χ4n) is 1.36. The van der Waals surface area contributed by atoms with Crippen LogP contribution in [-0.2, 0) is 9.53 Å². The number of hydrogen-bond donors (Lipinski definition) is 1. The first-order valence-corrected chi connectivity index (χ1v) is 5.42. The Morgan fingerprint density at radius 3 is 2.28 bits per heavy atom. The second-order valence-electron chi connectivity index (χ2n) is 3.36. The van der Waals surface area contributed by atoms with Crippen molar-refractivity contribution in [3.63, 3.8) is 0 Å². The lowest BCUT2D eigenvalue weighted by molar-refractivity contribution is -0.137. The van der Waals surface area contributed by atoms with Gasteiger partial charge in [-0.05, 0) is 30.7 Å². The molecule has 0 saturated carbocycles. The first kappa shape index (κ1) is 13.9. The van der Waals surface area contributed by atoms with Crippen molar-refractivity contribution in [3.05, 3.63) is 23.8 Å². The molecule has 5 heteroatoms. The van der Waals surface area contributed by atoms with Gasteiger partial charge in [-0.3, -0.25) is 0 Å². The van der Waals surface area contributed by atoms with Crippen LogP contribution in [0.25, 0.3) is 6.08 Å². The lowest BCUT2D eigenvalue weighted by Gasteiger charge is -2.09. The number of ether oxygens (including phenoxy) is 3. The topological polar surface area (TPSA) is 65.0 Å². The minimum absolute atomic E-state index is 0.0757. The Morgan fingerprint density at radius 1 is 1.28 bits per heavy atom.